The fourth-order valence-electron chi connectivity index (χ4n) is 1.77. The zero-order chi connectivity index (χ0) is 9.52. The van der Waals surface area contributed by atoms with Crippen LogP contribution in [-0.2, 0) is 0 Å². The number of hydrogen-bond donors (Lipinski definition) is 2. The van der Waals surface area contributed by atoms with Gasteiger partial charge >= 0.3 is 0 Å². The van der Waals surface area contributed by atoms with Gasteiger partial charge in [0, 0.05) is 11.6 Å². The van der Waals surface area contributed by atoms with Crippen LogP contribution in [0.2, 0.25) is 0 Å². The number of hydrogen-bond acceptors (Lipinski definition) is 2. The fourth-order valence-corrected chi connectivity index (χ4v) is 1.77. The summed E-state index contributed by atoms with van der Waals surface area (Å²) in [6.07, 6.45) is 0. The van der Waals surface area contributed by atoms with Crippen LogP contribution in [0, 0.1) is 5.41 Å². The lowest BCUT2D eigenvalue weighted by atomic mass is 9.83. The standard InChI is InChI=1S/C10H17NO/c1-6-8(10(3,4)5)9(12)7(2)11-6/h6,11-12H,2H2,1,3-5H3. The quantitative estimate of drug-likeness (QED) is 0.580. The Bertz CT molecular complexity index is 245. The van der Waals surface area contributed by atoms with Crippen molar-refractivity contribution < 1.29 is 5.11 Å². The second-order valence-corrected chi connectivity index (χ2v) is 4.36. The lowest BCUT2D eigenvalue weighted by Gasteiger charge is -2.23. The number of aliphatic hydroxyl groups is 1. The molecule has 0 amide bonds. The van der Waals surface area contributed by atoms with Crippen LogP contribution in [0.3, 0.4) is 0 Å². The molecular formula is C10H17NO. The van der Waals surface area contributed by atoms with Gasteiger partial charge in [0.1, 0.15) is 5.76 Å². The van der Waals surface area contributed by atoms with Gasteiger partial charge in [-0.05, 0) is 12.3 Å². The zero-order valence-electron chi connectivity index (χ0n) is 8.23. The molecule has 0 saturated carbocycles. The Morgan fingerprint density at radius 2 is 1.92 bits per heavy atom. The monoisotopic (exact) mass is 167 g/mol. The third kappa shape index (κ3) is 1.33. The Morgan fingerprint density at radius 1 is 1.42 bits per heavy atom. The molecule has 0 radical (unpaired) electrons. The van der Waals surface area contributed by atoms with E-state index in [4.69, 9.17) is 0 Å². The van der Waals surface area contributed by atoms with Crippen molar-refractivity contribution in [3.8, 4) is 0 Å². The van der Waals surface area contributed by atoms with E-state index in [0.29, 0.717) is 11.5 Å². The molecule has 0 spiro atoms. The number of aliphatic hydroxyl groups excluding tert-OH is 1. The molecule has 0 aromatic heterocycles. The van der Waals surface area contributed by atoms with Gasteiger partial charge < -0.3 is 10.4 Å². The second kappa shape index (κ2) is 2.54. The van der Waals surface area contributed by atoms with Gasteiger partial charge in [-0.2, -0.15) is 0 Å². The van der Waals surface area contributed by atoms with Gasteiger partial charge in [-0.25, -0.2) is 0 Å². The molecule has 0 aliphatic carbocycles. The van der Waals surface area contributed by atoms with Crippen molar-refractivity contribution in [1.29, 1.82) is 0 Å². The first-order valence-electron chi connectivity index (χ1n) is 4.23. The van der Waals surface area contributed by atoms with E-state index < -0.39 is 0 Å². The Kier molecular flexibility index (Phi) is 1.94. The Morgan fingerprint density at radius 3 is 2.08 bits per heavy atom. The van der Waals surface area contributed by atoms with E-state index in [1.54, 1.807) is 0 Å². The minimum Gasteiger partial charge on any atom is -0.506 e. The van der Waals surface area contributed by atoms with Gasteiger partial charge in [0.2, 0.25) is 0 Å². The summed E-state index contributed by atoms with van der Waals surface area (Å²) >= 11 is 0. The summed E-state index contributed by atoms with van der Waals surface area (Å²) in [6, 6.07) is 0.206. The van der Waals surface area contributed by atoms with Crippen molar-refractivity contribution >= 4 is 0 Å². The third-order valence-corrected chi connectivity index (χ3v) is 2.17. The molecule has 2 N–H and O–H groups in total. The largest absolute Gasteiger partial charge is 0.506 e. The highest BCUT2D eigenvalue weighted by atomic mass is 16.3. The van der Waals surface area contributed by atoms with E-state index in [9.17, 15) is 5.11 Å². The first-order valence-corrected chi connectivity index (χ1v) is 4.23. The molecule has 2 heteroatoms. The smallest absolute Gasteiger partial charge is 0.139 e. The van der Waals surface area contributed by atoms with E-state index in [1.165, 1.54) is 0 Å². The van der Waals surface area contributed by atoms with E-state index in [2.05, 4.69) is 32.7 Å². The molecule has 0 aromatic rings. The Labute approximate surface area is 74.0 Å². The molecule has 1 heterocycles. The van der Waals surface area contributed by atoms with Crippen molar-refractivity contribution in [2.24, 2.45) is 5.41 Å². The van der Waals surface area contributed by atoms with Crippen LogP contribution in [0.4, 0.5) is 0 Å². The zero-order valence-corrected chi connectivity index (χ0v) is 8.23. The molecule has 0 fully saturated rings. The molecule has 2 nitrogen and oxygen atoms in total. The van der Waals surface area contributed by atoms with E-state index >= 15 is 0 Å². The van der Waals surface area contributed by atoms with E-state index in [0.717, 1.165) is 5.57 Å². The van der Waals surface area contributed by atoms with Crippen LogP contribution in [0.5, 0.6) is 0 Å². The van der Waals surface area contributed by atoms with E-state index in [-0.39, 0.29) is 11.5 Å². The summed E-state index contributed by atoms with van der Waals surface area (Å²) in [6.45, 7) is 12.0. The molecule has 1 rings (SSSR count). The van der Waals surface area contributed by atoms with Crippen LogP contribution in [0.15, 0.2) is 23.6 Å². The molecule has 12 heavy (non-hydrogen) atoms. The summed E-state index contributed by atoms with van der Waals surface area (Å²) < 4.78 is 0. The van der Waals surface area contributed by atoms with Crippen molar-refractivity contribution in [3.05, 3.63) is 23.6 Å². The molecule has 0 saturated heterocycles. The summed E-state index contributed by atoms with van der Waals surface area (Å²) in [7, 11) is 0. The molecule has 1 aliphatic heterocycles. The second-order valence-electron chi connectivity index (χ2n) is 4.36. The van der Waals surface area contributed by atoms with Crippen molar-refractivity contribution in [3.63, 3.8) is 0 Å². The van der Waals surface area contributed by atoms with Crippen LogP contribution >= 0.6 is 0 Å². The molecule has 0 aromatic carbocycles. The maximum Gasteiger partial charge on any atom is 0.139 e. The maximum absolute atomic E-state index is 9.68. The van der Waals surface area contributed by atoms with Gasteiger partial charge in [0.15, 0.2) is 0 Å². The highest BCUT2D eigenvalue weighted by molar-refractivity contribution is 5.39. The highest BCUT2D eigenvalue weighted by Gasteiger charge is 2.32. The summed E-state index contributed by atoms with van der Waals surface area (Å²) in [5, 5.41) is 12.8. The number of rotatable bonds is 0. The average Bonchev–Trinajstić information content (AvgIpc) is 2.05. The van der Waals surface area contributed by atoms with Gasteiger partial charge in [-0.15, -0.1) is 0 Å². The minimum absolute atomic E-state index is 0.00986. The van der Waals surface area contributed by atoms with Crippen LogP contribution in [-0.4, -0.2) is 11.1 Å². The Hall–Kier alpha value is -0.920. The molecule has 1 aliphatic rings. The van der Waals surface area contributed by atoms with Gasteiger partial charge in [-0.1, -0.05) is 27.4 Å². The van der Waals surface area contributed by atoms with Crippen molar-refractivity contribution in [2.75, 3.05) is 0 Å². The lowest BCUT2D eigenvalue weighted by Crippen LogP contribution is -2.25. The predicted octanol–water partition coefficient (Wildman–Crippen LogP) is 2.35. The highest BCUT2D eigenvalue weighted by Crippen LogP contribution is 2.35. The molecular weight excluding hydrogens is 150 g/mol. The van der Waals surface area contributed by atoms with Gasteiger partial charge in [0.25, 0.3) is 0 Å². The summed E-state index contributed by atoms with van der Waals surface area (Å²) in [5.74, 6) is 0.343. The number of nitrogens with one attached hydrogen (secondary N) is 1. The van der Waals surface area contributed by atoms with Crippen molar-refractivity contribution in [2.45, 2.75) is 33.7 Å². The first-order chi connectivity index (χ1) is 5.34. The topological polar surface area (TPSA) is 32.3 Å². The first kappa shape index (κ1) is 9.17. The maximum atomic E-state index is 9.68. The molecule has 1 unspecified atom stereocenters. The van der Waals surface area contributed by atoms with Gasteiger partial charge in [0.05, 0.1) is 5.70 Å². The Balaban J connectivity index is 3.09. The minimum atomic E-state index is 0.00986. The predicted molar refractivity (Wildman–Crippen MR) is 50.8 cm³/mol. The van der Waals surface area contributed by atoms with E-state index in [1.807, 2.05) is 6.92 Å². The molecule has 0 bridgehead atoms. The lowest BCUT2D eigenvalue weighted by molar-refractivity contribution is 0.388. The average molecular weight is 167 g/mol. The van der Waals surface area contributed by atoms with Crippen LogP contribution < -0.4 is 5.32 Å². The molecule has 1 atom stereocenters. The molecule has 68 valence electrons. The fraction of sp³-hybridized carbons (Fsp3) is 0.600. The third-order valence-electron chi connectivity index (χ3n) is 2.17. The van der Waals surface area contributed by atoms with Gasteiger partial charge in [-0.3, -0.25) is 0 Å². The van der Waals surface area contributed by atoms with Crippen LogP contribution in [0.25, 0.3) is 0 Å². The normalized spacial score (nSPS) is 24.7. The van der Waals surface area contributed by atoms with Crippen molar-refractivity contribution in [1.82, 2.24) is 5.32 Å². The van der Waals surface area contributed by atoms with Crippen LogP contribution in [0.1, 0.15) is 27.7 Å². The summed E-state index contributed by atoms with van der Waals surface area (Å²) in [5.41, 5.74) is 1.70. The summed E-state index contributed by atoms with van der Waals surface area (Å²) in [4.78, 5) is 0. The SMILES string of the molecule is C=C1NC(C)C(C(C)(C)C)=C1O.